The van der Waals surface area contributed by atoms with Gasteiger partial charge in [-0.05, 0) is 18.6 Å². The summed E-state index contributed by atoms with van der Waals surface area (Å²) < 4.78 is 0. The first-order chi connectivity index (χ1) is 9.97. The first-order valence-electron chi connectivity index (χ1n) is 6.90. The fraction of sp³-hybridized carbons (Fsp3) is 0.500. The Morgan fingerprint density at radius 1 is 1.19 bits per heavy atom. The highest BCUT2D eigenvalue weighted by Crippen LogP contribution is 2.10. The fourth-order valence-electron chi connectivity index (χ4n) is 1.63. The molecule has 0 unspecified atom stereocenters. The summed E-state index contributed by atoms with van der Waals surface area (Å²) in [6.45, 7) is 2.74. The summed E-state index contributed by atoms with van der Waals surface area (Å²) in [5.41, 5.74) is 1.41. The fourth-order valence-corrected chi connectivity index (χ4v) is 1.63. The zero-order valence-electron chi connectivity index (χ0n) is 13.0. The highest BCUT2D eigenvalue weighted by molar-refractivity contribution is 5.95. The highest BCUT2D eigenvalue weighted by atomic mass is 16.2. The Labute approximate surface area is 125 Å². The molecule has 7 nitrogen and oxygen atoms in total. The van der Waals surface area contributed by atoms with Crippen LogP contribution in [0.25, 0.3) is 0 Å². The van der Waals surface area contributed by atoms with Crippen LogP contribution in [0.1, 0.15) is 23.0 Å². The Hall–Kier alpha value is -2.31. The second-order valence-corrected chi connectivity index (χ2v) is 4.72. The van der Waals surface area contributed by atoms with Gasteiger partial charge in [0.25, 0.3) is 5.91 Å². The summed E-state index contributed by atoms with van der Waals surface area (Å²) in [5.74, 6) is 0.489. The lowest BCUT2D eigenvalue weighted by Crippen LogP contribution is -2.39. The topological polar surface area (TPSA) is 86.4 Å². The lowest BCUT2D eigenvalue weighted by atomic mass is 10.2. The summed E-state index contributed by atoms with van der Waals surface area (Å²) in [4.78, 5) is 29.2. The molecule has 116 valence electrons. The van der Waals surface area contributed by atoms with Crippen molar-refractivity contribution in [2.45, 2.75) is 13.3 Å². The molecule has 0 radical (unpaired) electrons. The van der Waals surface area contributed by atoms with Crippen LogP contribution < -0.4 is 16.0 Å². The van der Waals surface area contributed by atoms with E-state index in [2.05, 4.69) is 20.9 Å². The summed E-state index contributed by atoms with van der Waals surface area (Å²) >= 11 is 0. The van der Waals surface area contributed by atoms with Crippen molar-refractivity contribution in [3.63, 3.8) is 0 Å². The Morgan fingerprint density at radius 3 is 2.43 bits per heavy atom. The molecule has 0 bridgehead atoms. The molecule has 0 aromatic carbocycles. The summed E-state index contributed by atoms with van der Waals surface area (Å²) in [6, 6.07) is 3.29. The zero-order chi connectivity index (χ0) is 15.8. The Kier molecular flexibility index (Phi) is 6.45. The van der Waals surface area contributed by atoms with Crippen LogP contribution in [0.4, 0.5) is 10.6 Å². The van der Waals surface area contributed by atoms with Crippen molar-refractivity contribution in [3.05, 3.63) is 23.4 Å². The number of urea groups is 1. The third-order valence-corrected chi connectivity index (χ3v) is 2.85. The third-order valence-electron chi connectivity index (χ3n) is 2.85. The molecule has 0 saturated heterocycles. The Bertz CT molecular complexity index is 480. The van der Waals surface area contributed by atoms with Gasteiger partial charge in [-0.3, -0.25) is 4.79 Å². The van der Waals surface area contributed by atoms with E-state index in [1.807, 2.05) is 6.92 Å². The standard InChI is InChI=1S/C14H23N5O2/c1-5-11-8-10(9-12(15-2)18-11)13(20)16-6-7-17-14(21)19(3)4/h8-9H,5-7H2,1-4H3,(H,15,18)(H,16,20)(H,17,21). The van der Waals surface area contributed by atoms with E-state index in [-0.39, 0.29) is 11.9 Å². The van der Waals surface area contributed by atoms with Gasteiger partial charge in [-0.1, -0.05) is 6.92 Å². The number of carbonyl (C=O) groups is 2. The first kappa shape index (κ1) is 16.7. The molecule has 0 atom stereocenters. The average Bonchev–Trinajstić information content (AvgIpc) is 2.50. The molecule has 1 heterocycles. The van der Waals surface area contributed by atoms with E-state index in [4.69, 9.17) is 0 Å². The van der Waals surface area contributed by atoms with Gasteiger partial charge in [-0.25, -0.2) is 9.78 Å². The van der Waals surface area contributed by atoms with Crippen LogP contribution in [-0.4, -0.2) is 56.1 Å². The van der Waals surface area contributed by atoms with Crippen molar-refractivity contribution in [2.75, 3.05) is 39.5 Å². The SMILES string of the molecule is CCc1cc(C(=O)NCCNC(=O)N(C)C)cc(NC)n1. The van der Waals surface area contributed by atoms with Gasteiger partial charge in [0, 0.05) is 45.5 Å². The number of aryl methyl sites for hydroxylation is 1. The predicted octanol–water partition coefficient (Wildman–Crippen LogP) is 0.687. The molecule has 0 saturated carbocycles. The lowest BCUT2D eigenvalue weighted by Gasteiger charge is -2.12. The normalized spacial score (nSPS) is 9.90. The minimum atomic E-state index is -0.182. The van der Waals surface area contributed by atoms with E-state index in [1.165, 1.54) is 4.90 Å². The number of rotatable bonds is 6. The number of hydrogen-bond acceptors (Lipinski definition) is 4. The number of nitrogens with zero attached hydrogens (tertiary/aromatic N) is 2. The van der Waals surface area contributed by atoms with Crippen LogP contribution in [0, 0.1) is 0 Å². The monoisotopic (exact) mass is 293 g/mol. The second kappa shape index (κ2) is 8.08. The van der Waals surface area contributed by atoms with Crippen LogP contribution in [0.15, 0.2) is 12.1 Å². The van der Waals surface area contributed by atoms with Gasteiger partial charge in [-0.15, -0.1) is 0 Å². The molecular formula is C14H23N5O2. The van der Waals surface area contributed by atoms with Crippen LogP contribution in [-0.2, 0) is 6.42 Å². The number of nitrogens with one attached hydrogen (secondary N) is 3. The number of amides is 3. The maximum Gasteiger partial charge on any atom is 0.316 e. The van der Waals surface area contributed by atoms with Gasteiger partial charge in [0.2, 0.25) is 0 Å². The van der Waals surface area contributed by atoms with Crippen molar-refractivity contribution in [1.82, 2.24) is 20.5 Å². The van der Waals surface area contributed by atoms with Crippen molar-refractivity contribution in [1.29, 1.82) is 0 Å². The highest BCUT2D eigenvalue weighted by Gasteiger charge is 2.09. The lowest BCUT2D eigenvalue weighted by molar-refractivity contribution is 0.0953. The number of hydrogen-bond donors (Lipinski definition) is 3. The molecule has 1 rings (SSSR count). The molecule has 0 spiro atoms. The number of carbonyl (C=O) groups excluding carboxylic acids is 2. The molecule has 21 heavy (non-hydrogen) atoms. The molecule has 3 amide bonds. The van der Waals surface area contributed by atoms with E-state index < -0.39 is 0 Å². The molecule has 0 aliphatic carbocycles. The second-order valence-electron chi connectivity index (χ2n) is 4.72. The van der Waals surface area contributed by atoms with Gasteiger partial charge in [-0.2, -0.15) is 0 Å². The van der Waals surface area contributed by atoms with Crippen LogP contribution in [0.2, 0.25) is 0 Å². The third kappa shape index (κ3) is 5.29. The van der Waals surface area contributed by atoms with Gasteiger partial charge in [0.05, 0.1) is 0 Å². The molecule has 7 heteroatoms. The first-order valence-corrected chi connectivity index (χ1v) is 6.90. The predicted molar refractivity (Wildman–Crippen MR) is 82.6 cm³/mol. The van der Waals surface area contributed by atoms with E-state index in [9.17, 15) is 9.59 Å². The maximum atomic E-state index is 12.1. The molecule has 1 aromatic rings. The maximum absolute atomic E-state index is 12.1. The van der Waals surface area contributed by atoms with E-state index in [1.54, 1.807) is 33.3 Å². The molecule has 0 aliphatic rings. The summed E-state index contributed by atoms with van der Waals surface area (Å²) in [7, 11) is 5.09. The number of pyridine rings is 1. The molecule has 0 aliphatic heterocycles. The molecule has 1 aromatic heterocycles. The quantitative estimate of drug-likeness (QED) is 0.673. The minimum Gasteiger partial charge on any atom is -0.373 e. The Balaban J connectivity index is 2.54. The largest absolute Gasteiger partial charge is 0.373 e. The van der Waals surface area contributed by atoms with Crippen molar-refractivity contribution >= 4 is 17.8 Å². The van der Waals surface area contributed by atoms with Gasteiger partial charge in [0.15, 0.2) is 0 Å². The van der Waals surface area contributed by atoms with Crippen LogP contribution >= 0.6 is 0 Å². The molecule has 0 fully saturated rings. The minimum absolute atomic E-state index is 0.178. The van der Waals surface area contributed by atoms with E-state index >= 15 is 0 Å². The van der Waals surface area contributed by atoms with Gasteiger partial charge >= 0.3 is 6.03 Å². The summed E-state index contributed by atoms with van der Waals surface area (Å²) in [5, 5.41) is 8.39. The number of aromatic nitrogens is 1. The van der Waals surface area contributed by atoms with Crippen molar-refractivity contribution in [2.24, 2.45) is 0 Å². The van der Waals surface area contributed by atoms with Gasteiger partial charge < -0.3 is 20.9 Å². The zero-order valence-corrected chi connectivity index (χ0v) is 13.0. The Morgan fingerprint density at radius 2 is 1.86 bits per heavy atom. The smallest absolute Gasteiger partial charge is 0.316 e. The van der Waals surface area contributed by atoms with Crippen LogP contribution in [0.5, 0.6) is 0 Å². The molecular weight excluding hydrogens is 270 g/mol. The summed E-state index contributed by atoms with van der Waals surface area (Å²) in [6.07, 6.45) is 0.759. The van der Waals surface area contributed by atoms with Gasteiger partial charge in [0.1, 0.15) is 5.82 Å². The van der Waals surface area contributed by atoms with Crippen molar-refractivity contribution < 1.29 is 9.59 Å². The molecule has 3 N–H and O–H groups in total. The van der Waals surface area contributed by atoms with E-state index in [0.29, 0.717) is 24.5 Å². The van der Waals surface area contributed by atoms with Crippen molar-refractivity contribution in [3.8, 4) is 0 Å². The van der Waals surface area contributed by atoms with Crippen LogP contribution in [0.3, 0.4) is 0 Å². The average molecular weight is 293 g/mol. The van der Waals surface area contributed by atoms with E-state index in [0.717, 1.165) is 12.1 Å². The number of anilines is 1.